The summed E-state index contributed by atoms with van der Waals surface area (Å²) in [6.45, 7) is 4.41. The second kappa shape index (κ2) is 5.10. The smallest absolute Gasteiger partial charge is 0.244 e. The van der Waals surface area contributed by atoms with E-state index in [0.717, 1.165) is 5.56 Å². The zero-order valence-corrected chi connectivity index (χ0v) is 12.1. The predicted molar refractivity (Wildman–Crippen MR) is 75.0 cm³/mol. The molecule has 2 rings (SSSR count). The van der Waals surface area contributed by atoms with Gasteiger partial charge in [-0.25, -0.2) is 0 Å². The molecule has 1 aliphatic rings. The Labute approximate surface area is 118 Å². The molecule has 1 aromatic carbocycles. The van der Waals surface area contributed by atoms with Gasteiger partial charge in [-0.1, -0.05) is 30.3 Å². The molecule has 0 spiro atoms. The van der Waals surface area contributed by atoms with Crippen LogP contribution in [0.1, 0.15) is 25.5 Å². The summed E-state index contributed by atoms with van der Waals surface area (Å²) < 4.78 is 0. The first kappa shape index (κ1) is 13.7. The molecule has 3 atom stereocenters. The van der Waals surface area contributed by atoms with Gasteiger partial charge in [-0.3, -0.25) is 4.79 Å². The number of rotatable bonds is 3. The van der Waals surface area contributed by atoms with Crippen molar-refractivity contribution in [3.63, 3.8) is 0 Å². The number of halogens is 2. The Balaban J connectivity index is 2.23. The van der Waals surface area contributed by atoms with Crippen molar-refractivity contribution in [1.82, 2.24) is 4.90 Å². The van der Waals surface area contributed by atoms with Crippen molar-refractivity contribution in [2.45, 2.75) is 24.8 Å². The summed E-state index contributed by atoms with van der Waals surface area (Å²) in [5.74, 6) is 0.384. The maximum atomic E-state index is 12.3. The van der Waals surface area contributed by atoms with Crippen molar-refractivity contribution in [2.75, 3.05) is 12.4 Å². The van der Waals surface area contributed by atoms with Gasteiger partial charge < -0.3 is 4.90 Å². The number of nitrogens with zero attached hydrogens (tertiary/aromatic N) is 1. The molecule has 2 unspecified atom stereocenters. The van der Waals surface area contributed by atoms with E-state index in [1.54, 1.807) is 6.92 Å². The van der Waals surface area contributed by atoms with Gasteiger partial charge in [0, 0.05) is 18.3 Å². The Morgan fingerprint density at radius 1 is 1.44 bits per heavy atom. The highest BCUT2D eigenvalue weighted by atomic mass is 35.5. The monoisotopic (exact) mass is 285 g/mol. The fourth-order valence-electron chi connectivity index (χ4n) is 2.39. The Morgan fingerprint density at radius 3 is 2.56 bits per heavy atom. The van der Waals surface area contributed by atoms with Gasteiger partial charge in [0.2, 0.25) is 5.91 Å². The van der Waals surface area contributed by atoms with Crippen LogP contribution in [0.5, 0.6) is 0 Å². The number of hydrogen-bond donors (Lipinski definition) is 0. The molecule has 1 saturated heterocycles. The van der Waals surface area contributed by atoms with Crippen molar-refractivity contribution in [1.29, 1.82) is 0 Å². The van der Waals surface area contributed by atoms with Crippen LogP contribution in [0.15, 0.2) is 30.3 Å². The lowest BCUT2D eigenvalue weighted by molar-refractivity contribution is -0.131. The van der Waals surface area contributed by atoms with Gasteiger partial charge >= 0.3 is 0 Å². The highest BCUT2D eigenvalue weighted by molar-refractivity contribution is 6.36. The van der Waals surface area contributed by atoms with E-state index in [4.69, 9.17) is 23.2 Å². The summed E-state index contributed by atoms with van der Waals surface area (Å²) in [5.41, 5.74) is 1.12. The van der Waals surface area contributed by atoms with Crippen molar-refractivity contribution in [3.05, 3.63) is 35.9 Å². The molecule has 1 amide bonds. The molecule has 18 heavy (non-hydrogen) atoms. The molecule has 1 aliphatic heterocycles. The summed E-state index contributed by atoms with van der Waals surface area (Å²) in [6.07, 6.45) is 0. The van der Waals surface area contributed by atoms with Gasteiger partial charge in [-0.15, -0.1) is 23.2 Å². The van der Waals surface area contributed by atoms with E-state index < -0.39 is 4.87 Å². The maximum Gasteiger partial charge on any atom is 0.244 e. The first-order chi connectivity index (χ1) is 8.48. The number of hydrogen-bond acceptors (Lipinski definition) is 1. The van der Waals surface area contributed by atoms with E-state index in [0.29, 0.717) is 12.4 Å². The molecule has 1 heterocycles. The van der Waals surface area contributed by atoms with Crippen LogP contribution in [0.25, 0.3) is 0 Å². The highest BCUT2D eigenvalue weighted by Gasteiger charge is 2.50. The third-order valence-corrected chi connectivity index (χ3v) is 4.64. The third kappa shape index (κ3) is 2.24. The van der Waals surface area contributed by atoms with Gasteiger partial charge in [0.05, 0.1) is 6.04 Å². The summed E-state index contributed by atoms with van der Waals surface area (Å²) in [6, 6.07) is 10.0. The lowest BCUT2D eigenvalue weighted by atomic mass is 9.99. The summed E-state index contributed by atoms with van der Waals surface area (Å²) in [5, 5.41) is 0. The molecular weight excluding hydrogens is 269 g/mol. The topological polar surface area (TPSA) is 20.3 Å². The van der Waals surface area contributed by atoms with Crippen LogP contribution in [0.2, 0.25) is 0 Å². The fraction of sp³-hybridized carbons (Fsp3) is 0.500. The van der Waals surface area contributed by atoms with Crippen LogP contribution < -0.4 is 0 Å². The van der Waals surface area contributed by atoms with E-state index in [9.17, 15) is 4.79 Å². The zero-order valence-electron chi connectivity index (χ0n) is 10.6. The molecule has 98 valence electrons. The third-order valence-electron chi connectivity index (χ3n) is 3.80. The first-order valence-electron chi connectivity index (χ1n) is 6.09. The molecule has 1 fully saturated rings. The molecular formula is C14H17Cl2NO. The second-order valence-corrected chi connectivity index (χ2v) is 6.06. The highest BCUT2D eigenvalue weighted by Crippen LogP contribution is 2.39. The quantitative estimate of drug-likeness (QED) is 0.779. The standard InChI is InChI=1S/C14H17Cl2NO/c1-10(11-6-4-3-5-7-11)17-9-12(8-15)14(2,16)13(17)18/h3-7,10,12H,8-9H2,1-2H3/t10-,12?,14?/m1/s1. The van der Waals surface area contributed by atoms with E-state index in [1.807, 2.05) is 42.2 Å². The molecule has 0 N–H and O–H groups in total. The lowest BCUT2D eigenvalue weighted by Crippen LogP contribution is -2.36. The van der Waals surface area contributed by atoms with Crippen LogP contribution >= 0.6 is 23.2 Å². The molecule has 0 bridgehead atoms. The first-order valence-corrected chi connectivity index (χ1v) is 7.00. The second-order valence-electron chi connectivity index (χ2n) is 4.97. The maximum absolute atomic E-state index is 12.3. The Bertz CT molecular complexity index is 433. The van der Waals surface area contributed by atoms with Gasteiger partial charge in [-0.2, -0.15) is 0 Å². The minimum Gasteiger partial charge on any atom is -0.334 e. The molecule has 0 aromatic heterocycles. The van der Waals surface area contributed by atoms with Gasteiger partial charge in [-0.05, 0) is 19.4 Å². The molecule has 0 saturated carbocycles. The van der Waals surface area contributed by atoms with E-state index >= 15 is 0 Å². The van der Waals surface area contributed by atoms with E-state index in [2.05, 4.69) is 0 Å². The summed E-state index contributed by atoms with van der Waals surface area (Å²) in [7, 11) is 0. The molecule has 1 aromatic rings. The average molecular weight is 286 g/mol. The van der Waals surface area contributed by atoms with Crippen LogP contribution in [-0.4, -0.2) is 28.1 Å². The minimum atomic E-state index is -0.870. The summed E-state index contributed by atoms with van der Waals surface area (Å²) >= 11 is 12.2. The fourth-order valence-corrected chi connectivity index (χ4v) is 3.13. The number of carbonyl (C=O) groups excluding carboxylic acids is 1. The number of amides is 1. The zero-order chi connectivity index (χ0) is 13.3. The Morgan fingerprint density at radius 2 is 2.06 bits per heavy atom. The van der Waals surface area contributed by atoms with Crippen molar-refractivity contribution < 1.29 is 4.79 Å². The molecule has 2 nitrogen and oxygen atoms in total. The number of likely N-dealkylation sites (tertiary alicyclic amines) is 1. The Hall–Kier alpha value is -0.730. The minimum absolute atomic E-state index is 0.000467. The largest absolute Gasteiger partial charge is 0.334 e. The van der Waals surface area contributed by atoms with Gasteiger partial charge in [0.1, 0.15) is 4.87 Å². The molecule has 0 aliphatic carbocycles. The van der Waals surface area contributed by atoms with Crippen molar-refractivity contribution in [3.8, 4) is 0 Å². The average Bonchev–Trinajstić information content (AvgIpc) is 2.61. The van der Waals surface area contributed by atoms with E-state index in [1.165, 1.54) is 0 Å². The molecule has 0 radical (unpaired) electrons. The number of alkyl halides is 2. The summed E-state index contributed by atoms with van der Waals surface area (Å²) in [4.78, 5) is 13.3. The van der Waals surface area contributed by atoms with Gasteiger partial charge in [0.15, 0.2) is 0 Å². The van der Waals surface area contributed by atoms with Crippen LogP contribution in [0, 0.1) is 5.92 Å². The van der Waals surface area contributed by atoms with Crippen molar-refractivity contribution in [2.24, 2.45) is 5.92 Å². The normalized spacial score (nSPS) is 29.7. The predicted octanol–water partition coefficient (Wildman–Crippen LogP) is 3.44. The SMILES string of the molecule is C[C@H](c1ccccc1)N1CC(CCl)C(C)(Cl)C1=O. The number of benzene rings is 1. The van der Waals surface area contributed by atoms with Crippen LogP contribution in [0.4, 0.5) is 0 Å². The van der Waals surface area contributed by atoms with Gasteiger partial charge in [0.25, 0.3) is 0 Å². The molecule has 4 heteroatoms. The van der Waals surface area contributed by atoms with Crippen molar-refractivity contribution >= 4 is 29.1 Å². The lowest BCUT2D eigenvalue weighted by Gasteiger charge is -2.25. The van der Waals surface area contributed by atoms with Crippen LogP contribution in [0.3, 0.4) is 0 Å². The van der Waals surface area contributed by atoms with Crippen LogP contribution in [-0.2, 0) is 4.79 Å². The number of carbonyl (C=O) groups is 1. The van der Waals surface area contributed by atoms with E-state index in [-0.39, 0.29) is 17.9 Å². The Kier molecular flexibility index (Phi) is 3.88.